The summed E-state index contributed by atoms with van der Waals surface area (Å²) in [5, 5.41) is 9.44. The van der Waals surface area contributed by atoms with Gasteiger partial charge >= 0.3 is 0 Å². The molecule has 2 aromatic rings. The van der Waals surface area contributed by atoms with E-state index in [-0.39, 0.29) is 11.6 Å². The third kappa shape index (κ3) is 2.69. The zero-order valence-corrected chi connectivity index (χ0v) is 12.0. The Hall–Kier alpha value is -2.50. The van der Waals surface area contributed by atoms with Crippen LogP contribution in [0, 0.1) is 6.92 Å². The summed E-state index contributed by atoms with van der Waals surface area (Å²) in [6.45, 7) is 3.99. The lowest BCUT2D eigenvalue weighted by molar-refractivity contribution is 0.102. The van der Waals surface area contributed by atoms with Gasteiger partial charge < -0.3 is 16.0 Å². The molecule has 1 aromatic heterocycles. The summed E-state index contributed by atoms with van der Waals surface area (Å²) < 4.78 is 0. The molecule has 0 radical (unpaired) electrons. The van der Waals surface area contributed by atoms with E-state index in [4.69, 9.17) is 5.73 Å². The number of nitrogen functional groups attached to an aromatic ring is 1. The predicted molar refractivity (Wildman–Crippen MR) is 83.6 cm³/mol. The minimum Gasteiger partial charge on any atom is -0.395 e. The molecule has 0 saturated carbocycles. The van der Waals surface area contributed by atoms with Crippen LogP contribution in [0.2, 0.25) is 0 Å². The van der Waals surface area contributed by atoms with E-state index in [1.54, 1.807) is 6.92 Å². The van der Waals surface area contributed by atoms with Crippen molar-refractivity contribution >= 4 is 23.0 Å². The molecule has 6 heteroatoms. The maximum Gasteiger partial charge on any atom is 0.278 e. The Morgan fingerprint density at radius 3 is 2.52 bits per heavy atom. The number of aryl methyl sites for hydroxylation is 1. The van der Waals surface area contributed by atoms with Gasteiger partial charge in [-0.15, -0.1) is 0 Å². The van der Waals surface area contributed by atoms with Crippen LogP contribution in [0.1, 0.15) is 29.0 Å². The number of carbonyl (C=O) groups is 1. The smallest absolute Gasteiger partial charge is 0.278 e. The number of hydrogen-bond donors (Lipinski definition) is 3. The van der Waals surface area contributed by atoms with E-state index >= 15 is 0 Å². The highest BCUT2D eigenvalue weighted by Gasteiger charge is 2.16. The zero-order valence-electron chi connectivity index (χ0n) is 12.0. The fourth-order valence-electron chi connectivity index (χ4n) is 2.53. The quantitative estimate of drug-likeness (QED) is 0.806. The molecular weight excluding hydrogens is 266 g/mol. The van der Waals surface area contributed by atoms with Gasteiger partial charge in [-0.2, -0.15) is 5.10 Å². The van der Waals surface area contributed by atoms with Gasteiger partial charge in [-0.1, -0.05) is 0 Å². The third-order valence-corrected chi connectivity index (χ3v) is 3.81. The lowest BCUT2D eigenvalue weighted by atomic mass is 10.2. The van der Waals surface area contributed by atoms with E-state index in [0.717, 1.165) is 18.8 Å². The molecule has 6 nitrogen and oxygen atoms in total. The van der Waals surface area contributed by atoms with Crippen LogP contribution < -0.4 is 16.0 Å². The van der Waals surface area contributed by atoms with Crippen LogP contribution in [-0.2, 0) is 0 Å². The minimum absolute atomic E-state index is 0.233. The van der Waals surface area contributed by atoms with Crippen molar-refractivity contribution in [1.29, 1.82) is 0 Å². The number of amides is 1. The first kappa shape index (κ1) is 13.5. The summed E-state index contributed by atoms with van der Waals surface area (Å²) in [7, 11) is 0. The molecule has 1 amide bonds. The van der Waals surface area contributed by atoms with E-state index in [0.29, 0.717) is 11.4 Å². The van der Waals surface area contributed by atoms with Crippen molar-refractivity contribution in [3.05, 3.63) is 35.7 Å². The number of anilines is 3. The fourth-order valence-corrected chi connectivity index (χ4v) is 2.53. The van der Waals surface area contributed by atoms with Gasteiger partial charge in [-0.25, -0.2) is 0 Å². The van der Waals surface area contributed by atoms with Gasteiger partial charge in [0, 0.05) is 24.5 Å². The second kappa shape index (κ2) is 5.47. The summed E-state index contributed by atoms with van der Waals surface area (Å²) in [6.07, 6.45) is 2.49. The Balaban J connectivity index is 1.70. The van der Waals surface area contributed by atoms with E-state index in [9.17, 15) is 4.79 Å². The molecule has 0 unspecified atom stereocenters. The highest BCUT2D eigenvalue weighted by Crippen LogP contribution is 2.22. The maximum absolute atomic E-state index is 12.1. The SMILES string of the molecule is Cc1[nH]nc(C(=O)Nc2ccc(N3CCCC3)cc2)c1N. The van der Waals surface area contributed by atoms with Gasteiger partial charge in [0.15, 0.2) is 5.69 Å². The number of rotatable bonds is 3. The average Bonchev–Trinajstić information content (AvgIpc) is 3.11. The number of H-pyrrole nitrogens is 1. The lowest BCUT2D eigenvalue weighted by Gasteiger charge is -2.17. The molecule has 0 atom stereocenters. The molecule has 1 aromatic carbocycles. The molecule has 1 aliphatic rings. The fraction of sp³-hybridized carbons (Fsp3) is 0.333. The molecule has 0 spiro atoms. The average molecular weight is 285 g/mol. The van der Waals surface area contributed by atoms with Crippen molar-refractivity contribution in [3.8, 4) is 0 Å². The summed E-state index contributed by atoms with van der Waals surface area (Å²) in [4.78, 5) is 14.5. The van der Waals surface area contributed by atoms with Gasteiger partial charge in [0.05, 0.1) is 11.4 Å². The normalized spacial score (nSPS) is 14.4. The van der Waals surface area contributed by atoms with Gasteiger partial charge in [0.25, 0.3) is 5.91 Å². The van der Waals surface area contributed by atoms with Crippen LogP contribution in [0.25, 0.3) is 0 Å². The number of aromatic nitrogens is 2. The number of aromatic amines is 1. The van der Waals surface area contributed by atoms with Crippen LogP contribution in [0.15, 0.2) is 24.3 Å². The Labute approximate surface area is 123 Å². The maximum atomic E-state index is 12.1. The number of benzene rings is 1. The van der Waals surface area contributed by atoms with E-state index in [1.807, 2.05) is 24.3 Å². The molecule has 1 saturated heterocycles. The minimum atomic E-state index is -0.300. The zero-order chi connectivity index (χ0) is 14.8. The van der Waals surface area contributed by atoms with Crippen molar-refractivity contribution in [2.45, 2.75) is 19.8 Å². The summed E-state index contributed by atoms with van der Waals surface area (Å²) >= 11 is 0. The van der Waals surface area contributed by atoms with Gasteiger partial charge in [-0.3, -0.25) is 9.89 Å². The largest absolute Gasteiger partial charge is 0.395 e. The first-order valence-electron chi connectivity index (χ1n) is 7.12. The first-order valence-corrected chi connectivity index (χ1v) is 7.12. The molecule has 2 heterocycles. The lowest BCUT2D eigenvalue weighted by Crippen LogP contribution is -2.18. The van der Waals surface area contributed by atoms with Crippen molar-refractivity contribution in [2.24, 2.45) is 0 Å². The highest BCUT2D eigenvalue weighted by molar-refractivity contribution is 6.06. The van der Waals surface area contributed by atoms with Gasteiger partial charge in [0.1, 0.15) is 0 Å². The van der Waals surface area contributed by atoms with Crippen molar-refractivity contribution in [1.82, 2.24) is 10.2 Å². The van der Waals surface area contributed by atoms with Crippen molar-refractivity contribution in [2.75, 3.05) is 29.0 Å². The Morgan fingerprint density at radius 1 is 1.29 bits per heavy atom. The topological polar surface area (TPSA) is 87.0 Å². The molecule has 4 N–H and O–H groups in total. The first-order chi connectivity index (χ1) is 10.1. The van der Waals surface area contributed by atoms with E-state index in [1.165, 1.54) is 18.5 Å². The molecule has 1 aliphatic heterocycles. The van der Waals surface area contributed by atoms with Crippen LogP contribution >= 0.6 is 0 Å². The second-order valence-corrected chi connectivity index (χ2v) is 5.31. The molecule has 21 heavy (non-hydrogen) atoms. The molecule has 3 rings (SSSR count). The molecular formula is C15H19N5O. The number of hydrogen-bond acceptors (Lipinski definition) is 4. The van der Waals surface area contributed by atoms with Crippen molar-refractivity contribution in [3.63, 3.8) is 0 Å². The highest BCUT2D eigenvalue weighted by atomic mass is 16.2. The monoisotopic (exact) mass is 285 g/mol. The Morgan fingerprint density at radius 2 is 1.95 bits per heavy atom. The van der Waals surface area contributed by atoms with Gasteiger partial charge in [-0.05, 0) is 44.0 Å². The molecule has 0 bridgehead atoms. The van der Waals surface area contributed by atoms with Crippen LogP contribution in [0.3, 0.4) is 0 Å². The number of carbonyl (C=O) groups excluding carboxylic acids is 1. The van der Waals surface area contributed by atoms with Crippen LogP contribution in [0.4, 0.5) is 17.1 Å². The summed E-state index contributed by atoms with van der Waals surface area (Å²) in [5.41, 5.74) is 9.06. The van der Waals surface area contributed by atoms with Crippen molar-refractivity contribution < 1.29 is 4.79 Å². The number of nitrogens with one attached hydrogen (secondary N) is 2. The van der Waals surface area contributed by atoms with Crippen LogP contribution in [0.5, 0.6) is 0 Å². The molecule has 0 aliphatic carbocycles. The van der Waals surface area contributed by atoms with E-state index in [2.05, 4.69) is 20.4 Å². The predicted octanol–water partition coefficient (Wildman–Crippen LogP) is 2.15. The Kier molecular flexibility index (Phi) is 3.51. The standard InChI is InChI=1S/C15H19N5O/c1-10-13(16)14(19-18-10)15(21)17-11-4-6-12(7-5-11)20-8-2-3-9-20/h4-7H,2-3,8-9,16H2,1H3,(H,17,21)(H,18,19). The third-order valence-electron chi connectivity index (χ3n) is 3.81. The summed E-state index contributed by atoms with van der Waals surface area (Å²) in [5.74, 6) is -0.300. The number of nitrogens with zero attached hydrogens (tertiary/aromatic N) is 2. The van der Waals surface area contributed by atoms with Crippen LogP contribution in [-0.4, -0.2) is 29.2 Å². The van der Waals surface area contributed by atoms with E-state index < -0.39 is 0 Å². The molecule has 110 valence electrons. The summed E-state index contributed by atoms with van der Waals surface area (Å²) in [6, 6.07) is 7.86. The molecule has 1 fully saturated rings. The Bertz CT molecular complexity index is 641. The van der Waals surface area contributed by atoms with Gasteiger partial charge in [0.2, 0.25) is 0 Å². The second-order valence-electron chi connectivity index (χ2n) is 5.31. The number of nitrogens with two attached hydrogens (primary N) is 1.